The smallest absolute Gasteiger partial charge is 0.261 e. The Morgan fingerprint density at radius 3 is 2.22 bits per heavy atom. The molecule has 1 atom stereocenters. The molecule has 0 unspecified atom stereocenters. The molecule has 3 rings (SSSR count). The summed E-state index contributed by atoms with van der Waals surface area (Å²) >= 11 is 0. The molecular formula is C27H36N2O3. The largest absolute Gasteiger partial charge is 0.484 e. The van der Waals surface area contributed by atoms with Gasteiger partial charge in [0.2, 0.25) is 5.91 Å². The van der Waals surface area contributed by atoms with E-state index in [0.717, 1.165) is 36.8 Å². The number of carbonyl (C=O) groups is 2. The second-order valence-electron chi connectivity index (χ2n) is 9.19. The van der Waals surface area contributed by atoms with Gasteiger partial charge in [0.05, 0.1) is 0 Å². The van der Waals surface area contributed by atoms with Gasteiger partial charge in [-0.05, 0) is 55.9 Å². The Morgan fingerprint density at radius 1 is 1.00 bits per heavy atom. The van der Waals surface area contributed by atoms with Crippen molar-refractivity contribution in [2.45, 2.75) is 77.9 Å². The van der Waals surface area contributed by atoms with Crippen molar-refractivity contribution in [3.63, 3.8) is 0 Å². The normalized spacial score (nSPS) is 14.9. The lowest BCUT2D eigenvalue weighted by molar-refractivity contribution is -0.142. The quantitative estimate of drug-likeness (QED) is 0.604. The zero-order valence-corrected chi connectivity index (χ0v) is 19.8. The van der Waals surface area contributed by atoms with Crippen LogP contribution in [0.15, 0.2) is 48.5 Å². The van der Waals surface area contributed by atoms with Gasteiger partial charge in [-0.25, -0.2) is 0 Å². The highest BCUT2D eigenvalue weighted by molar-refractivity contribution is 5.88. The van der Waals surface area contributed by atoms with Crippen LogP contribution in [0.2, 0.25) is 0 Å². The molecule has 1 saturated carbocycles. The molecule has 0 bridgehead atoms. The van der Waals surface area contributed by atoms with Crippen LogP contribution in [0, 0.1) is 6.92 Å². The predicted molar refractivity (Wildman–Crippen MR) is 128 cm³/mol. The minimum absolute atomic E-state index is 0.0985. The van der Waals surface area contributed by atoms with E-state index >= 15 is 0 Å². The molecule has 2 aromatic carbocycles. The lowest BCUT2D eigenvalue weighted by Gasteiger charge is -2.29. The molecule has 2 amide bonds. The average molecular weight is 437 g/mol. The van der Waals surface area contributed by atoms with Crippen LogP contribution in [-0.4, -0.2) is 35.4 Å². The molecule has 172 valence electrons. The molecule has 1 aliphatic carbocycles. The summed E-state index contributed by atoms with van der Waals surface area (Å²) in [6.07, 6.45) is 4.32. The van der Waals surface area contributed by atoms with Crippen molar-refractivity contribution in [1.82, 2.24) is 10.2 Å². The number of hydrogen-bond donors (Lipinski definition) is 1. The highest BCUT2D eigenvalue weighted by Crippen LogP contribution is 2.20. The van der Waals surface area contributed by atoms with Crippen molar-refractivity contribution in [2.24, 2.45) is 0 Å². The SMILES string of the molecule is Cc1ccc(CN(C(=O)COc2ccc(C(C)C)cc2)[C@H](C)C(=O)NC2CCCC2)cc1. The number of amides is 2. The van der Waals surface area contributed by atoms with E-state index in [9.17, 15) is 9.59 Å². The summed E-state index contributed by atoms with van der Waals surface area (Å²) in [6.45, 7) is 8.37. The zero-order valence-electron chi connectivity index (χ0n) is 19.8. The second kappa shape index (κ2) is 11.2. The van der Waals surface area contributed by atoms with E-state index in [-0.39, 0.29) is 24.5 Å². The van der Waals surface area contributed by atoms with E-state index in [0.29, 0.717) is 18.2 Å². The molecule has 2 aromatic rings. The number of ether oxygens (including phenoxy) is 1. The molecule has 5 nitrogen and oxygen atoms in total. The Kier molecular flexibility index (Phi) is 8.32. The van der Waals surface area contributed by atoms with Crippen LogP contribution in [0.25, 0.3) is 0 Å². The Morgan fingerprint density at radius 2 is 1.62 bits per heavy atom. The van der Waals surface area contributed by atoms with Crippen molar-refractivity contribution < 1.29 is 14.3 Å². The molecule has 0 aromatic heterocycles. The molecule has 32 heavy (non-hydrogen) atoms. The molecule has 1 N–H and O–H groups in total. The van der Waals surface area contributed by atoms with E-state index < -0.39 is 6.04 Å². The maximum Gasteiger partial charge on any atom is 0.261 e. The van der Waals surface area contributed by atoms with Crippen LogP contribution in [0.5, 0.6) is 5.75 Å². The molecule has 1 fully saturated rings. The first-order valence-electron chi connectivity index (χ1n) is 11.7. The van der Waals surface area contributed by atoms with Crippen LogP contribution >= 0.6 is 0 Å². The van der Waals surface area contributed by atoms with Crippen LogP contribution < -0.4 is 10.1 Å². The summed E-state index contributed by atoms with van der Waals surface area (Å²) in [5.74, 6) is 0.794. The van der Waals surface area contributed by atoms with E-state index in [4.69, 9.17) is 4.74 Å². The Balaban J connectivity index is 1.68. The van der Waals surface area contributed by atoms with Gasteiger partial charge in [-0.15, -0.1) is 0 Å². The fourth-order valence-electron chi connectivity index (χ4n) is 4.04. The summed E-state index contributed by atoms with van der Waals surface area (Å²) in [7, 11) is 0. The zero-order chi connectivity index (χ0) is 23.1. The van der Waals surface area contributed by atoms with Crippen LogP contribution in [0.1, 0.15) is 69.1 Å². The van der Waals surface area contributed by atoms with Crippen molar-refractivity contribution >= 4 is 11.8 Å². The number of benzene rings is 2. The predicted octanol–water partition coefficient (Wildman–Crippen LogP) is 4.97. The molecule has 5 heteroatoms. The van der Waals surface area contributed by atoms with E-state index in [1.54, 1.807) is 11.8 Å². The van der Waals surface area contributed by atoms with Crippen molar-refractivity contribution in [3.8, 4) is 5.75 Å². The van der Waals surface area contributed by atoms with Crippen LogP contribution in [0.3, 0.4) is 0 Å². The standard InChI is InChI=1S/C27H36N2O3/c1-19(2)23-13-15-25(16-14-23)32-18-26(30)29(17-22-11-9-20(3)10-12-22)21(4)27(31)28-24-7-5-6-8-24/h9-16,19,21,24H,5-8,17-18H2,1-4H3,(H,28,31)/t21-/m1/s1. The minimum Gasteiger partial charge on any atom is -0.484 e. The first-order valence-corrected chi connectivity index (χ1v) is 11.7. The highest BCUT2D eigenvalue weighted by Gasteiger charge is 2.28. The van der Waals surface area contributed by atoms with Gasteiger partial charge < -0.3 is 15.0 Å². The molecule has 0 aliphatic heterocycles. The summed E-state index contributed by atoms with van der Waals surface area (Å²) in [5, 5.41) is 3.13. The van der Waals surface area contributed by atoms with Gasteiger partial charge in [-0.2, -0.15) is 0 Å². The van der Waals surface area contributed by atoms with Gasteiger partial charge in [0.25, 0.3) is 5.91 Å². The number of carbonyl (C=O) groups excluding carboxylic acids is 2. The Labute approximate surface area is 192 Å². The minimum atomic E-state index is -0.573. The van der Waals surface area contributed by atoms with Gasteiger partial charge >= 0.3 is 0 Å². The van der Waals surface area contributed by atoms with Crippen LogP contribution in [0.4, 0.5) is 0 Å². The topological polar surface area (TPSA) is 58.6 Å². The third kappa shape index (κ3) is 6.59. The van der Waals surface area contributed by atoms with Crippen molar-refractivity contribution in [2.75, 3.05) is 6.61 Å². The van der Waals surface area contributed by atoms with Crippen molar-refractivity contribution in [3.05, 3.63) is 65.2 Å². The number of hydrogen-bond acceptors (Lipinski definition) is 3. The lowest BCUT2D eigenvalue weighted by Crippen LogP contribution is -2.50. The maximum atomic E-state index is 13.2. The monoisotopic (exact) mass is 436 g/mol. The van der Waals surface area contributed by atoms with Crippen LogP contribution in [-0.2, 0) is 16.1 Å². The number of rotatable bonds is 9. The fraction of sp³-hybridized carbons (Fsp3) is 0.481. The summed E-state index contributed by atoms with van der Waals surface area (Å²) in [5.41, 5.74) is 3.37. The molecule has 0 saturated heterocycles. The number of aryl methyl sites for hydroxylation is 1. The van der Waals surface area contributed by atoms with E-state index in [1.165, 1.54) is 5.56 Å². The highest BCUT2D eigenvalue weighted by atomic mass is 16.5. The van der Waals surface area contributed by atoms with Gasteiger partial charge in [-0.3, -0.25) is 9.59 Å². The second-order valence-corrected chi connectivity index (χ2v) is 9.19. The van der Waals surface area contributed by atoms with Gasteiger partial charge in [0, 0.05) is 12.6 Å². The summed E-state index contributed by atoms with van der Waals surface area (Å²) in [6, 6.07) is 15.5. The third-order valence-corrected chi connectivity index (χ3v) is 6.25. The Bertz CT molecular complexity index is 884. The molecule has 0 radical (unpaired) electrons. The summed E-state index contributed by atoms with van der Waals surface area (Å²) < 4.78 is 5.78. The molecule has 1 aliphatic rings. The molecule has 0 spiro atoms. The molecule has 0 heterocycles. The average Bonchev–Trinajstić information content (AvgIpc) is 3.30. The third-order valence-electron chi connectivity index (χ3n) is 6.25. The molecular weight excluding hydrogens is 400 g/mol. The lowest BCUT2D eigenvalue weighted by atomic mass is 10.0. The Hall–Kier alpha value is -2.82. The number of nitrogens with one attached hydrogen (secondary N) is 1. The first-order chi connectivity index (χ1) is 15.3. The fourth-order valence-corrected chi connectivity index (χ4v) is 4.04. The number of nitrogens with zero attached hydrogens (tertiary/aromatic N) is 1. The summed E-state index contributed by atoms with van der Waals surface area (Å²) in [4.78, 5) is 27.7. The van der Waals surface area contributed by atoms with Gasteiger partial charge in [0.1, 0.15) is 11.8 Å². The first kappa shape index (κ1) is 23.8. The van der Waals surface area contributed by atoms with Gasteiger partial charge in [0.15, 0.2) is 6.61 Å². The maximum absolute atomic E-state index is 13.2. The van der Waals surface area contributed by atoms with E-state index in [1.807, 2.05) is 55.5 Å². The van der Waals surface area contributed by atoms with E-state index in [2.05, 4.69) is 19.2 Å². The van der Waals surface area contributed by atoms with Crippen molar-refractivity contribution in [1.29, 1.82) is 0 Å². The van der Waals surface area contributed by atoms with Gasteiger partial charge in [-0.1, -0.05) is 68.7 Å².